The minimum Gasteiger partial charge on any atom is -0.383 e. The first-order valence-corrected chi connectivity index (χ1v) is 7.33. The Morgan fingerprint density at radius 1 is 1.47 bits per heavy atom. The molecule has 108 valence electrons. The molecular weight excluding hydrogens is 240 g/mol. The van der Waals surface area contributed by atoms with Gasteiger partial charge in [-0.25, -0.2) is 4.98 Å². The summed E-state index contributed by atoms with van der Waals surface area (Å²) in [5, 5.41) is 7.68. The molecular formula is C14H26N4O. The van der Waals surface area contributed by atoms with Crippen LogP contribution in [0.5, 0.6) is 0 Å². The zero-order valence-corrected chi connectivity index (χ0v) is 12.1. The van der Waals surface area contributed by atoms with Gasteiger partial charge in [0.1, 0.15) is 12.2 Å². The molecule has 0 aromatic carbocycles. The highest BCUT2D eigenvalue weighted by Crippen LogP contribution is 2.32. The van der Waals surface area contributed by atoms with Crippen LogP contribution in [0.1, 0.15) is 31.5 Å². The maximum absolute atomic E-state index is 5.09. The summed E-state index contributed by atoms with van der Waals surface area (Å²) in [6.07, 6.45) is 8.19. The Balaban J connectivity index is 1.88. The predicted octanol–water partition coefficient (Wildman–Crippen LogP) is 1.40. The summed E-state index contributed by atoms with van der Waals surface area (Å²) >= 11 is 0. The maximum atomic E-state index is 5.09. The van der Waals surface area contributed by atoms with Crippen molar-refractivity contribution in [3.05, 3.63) is 12.2 Å². The number of aromatic nitrogens is 3. The SMILES string of the molecule is COCCNCC(Cc1ncnn1C)C1CCCC1. The van der Waals surface area contributed by atoms with E-state index in [9.17, 15) is 0 Å². The van der Waals surface area contributed by atoms with Crippen molar-refractivity contribution in [1.29, 1.82) is 0 Å². The summed E-state index contributed by atoms with van der Waals surface area (Å²) in [4.78, 5) is 4.37. The van der Waals surface area contributed by atoms with Gasteiger partial charge in [-0.1, -0.05) is 25.7 Å². The van der Waals surface area contributed by atoms with Gasteiger partial charge in [-0.2, -0.15) is 5.10 Å². The Morgan fingerprint density at radius 3 is 2.89 bits per heavy atom. The van der Waals surface area contributed by atoms with Crippen LogP contribution in [0.3, 0.4) is 0 Å². The monoisotopic (exact) mass is 266 g/mol. The molecule has 1 N–H and O–H groups in total. The molecule has 19 heavy (non-hydrogen) atoms. The fourth-order valence-electron chi connectivity index (χ4n) is 3.04. The lowest BCUT2D eigenvalue weighted by atomic mass is 9.87. The van der Waals surface area contributed by atoms with Crippen molar-refractivity contribution in [3.63, 3.8) is 0 Å². The highest BCUT2D eigenvalue weighted by atomic mass is 16.5. The van der Waals surface area contributed by atoms with E-state index in [-0.39, 0.29) is 0 Å². The summed E-state index contributed by atoms with van der Waals surface area (Å²) in [6, 6.07) is 0. The summed E-state index contributed by atoms with van der Waals surface area (Å²) < 4.78 is 6.99. The second-order valence-electron chi connectivity index (χ2n) is 5.51. The first-order chi connectivity index (χ1) is 9.31. The van der Waals surface area contributed by atoms with Gasteiger partial charge in [0.25, 0.3) is 0 Å². The van der Waals surface area contributed by atoms with Gasteiger partial charge in [-0.15, -0.1) is 0 Å². The molecule has 0 radical (unpaired) electrons. The highest BCUT2D eigenvalue weighted by Gasteiger charge is 2.26. The highest BCUT2D eigenvalue weighted by molar-refractivity contribution is 4.90. The standard InChI is InChI=1S/C14H26N4O/c1-18-14(16-11-17-18)9-13(10-15-7-8-19-2)12-5-3-4-6-12/h11-13,15H,3-10H2,1-2H3. The van der Waals surface area contributed by atoms with Gasteiger partial charge in [0.05, 0.1) is 6.61 Å². The molecule has 0 aliphatic heterocycles. The molecule has 2 rings (SSSR count). The third-order valence-corrected chi connectivity index (χ3v) is 4.21. The normalized spacial score (nSPS) is 18.0. The van der Waals surface area contributed by atoms with Gasteiger partial charge in [-0.05, 0) is 18.4 Å². The van der Waals surface area contributed by atoms with Gasteiger partial charge in [0.15, 0.2) is 0 Å². The molecule has 5 heteroatoms. The van der Waals surface area contributed by atoms with E-state index >= 15 is 0 Å². The molecule has 1 heterocycles. The van der Waals surface area contributed by atoms with Crippen molar-refractivity contribution in [1.82, 2.24) is 20.1 Å². The van der Waals surface area contributed by atoms with Gasteiger partial charge in [-0.3, -0.25) is 4.68 Å². The van der Waals surface area contributed by atoms with Crippen LogP contribution in [0.2, 0.25) is 0 Å². The van der Waals surface area contributed by atoms with Crippen molar-refractivity contribution in [2.24, 2.45) is 18.9 Å². The topological polar surface area (TPSA) is 52.0 Å². The third kappa shape index (κ3) is 4.28. The number of nitrogens with zero attached hydrogens (tertiary/aromatic N) is 3. The fourth-order valence-corrected chi connectivity index (χ4v) is 3.04. The Morgan fingerprint density at radius 2 is 2.26 bits per heavy atom. The van der Waals surface area contributed by atoms with Crippen LogP contribution < -0.4 is 5.32 Å². The van der Waals surface area contributed by atoms with Gasteiger partial charge in [0, 0.05) is 27.1 Å². The number of aryl methyl sites for hydroxylation is 1. The average Bonchev–Trinajstić information content (AvgIpc) is 3.05. The first-order valence-electron chi connectivity index (χ1n) is 7.33. The zero-order chi connectivity index (χ0) is 13.5. The van der Waals surface area contributed by atoms with Crippen LogP contribution >= 0.6 is 0 Å². The summed E-state index contributed by atoms with van der Waals surface area (Å²) in [7, 11) is 3.72. The molecule has 0 spiro atoms. The number of rotatable bonds is 8. The first kappa shape index (κ1) is 14.5. The molecule has 1 aromatic heterocycles. The number of nitrogens with one attached hydrogen (secondary N) is 1. The van der Waals surface area contributed by atoms with Crippen molar-refractivity contribution >= 4 is 0 Å². The summed E-state index contributed by atoms with van der Waals surface area (Å²) in [5.74, 6) is 2.61. The van der Waals surface area contributed by atoms with E-state index in [0.29, 0.717) is 5.92 Å². The average molecular weight is 266 g/mol. The zero-order valence-electron chi connectivity index (χ0n) is 12.1. The Kier molecular flexibility index (Phi) is 5.79. The predicted molar refractivity (Wildman–Crippen MR) is 74.9 cm³/mol. The molecule has 1 atom stereocenters. The van der Waals surface area contributed by atoms with Crippen LogP contribution in [0.15, 0.2) is 6.33 Å². The maximum Gasteiger partial charge on any atom is 0.138 e. The Labute approximate surface area is 115 Å². The molecule has 0 saturated heterocycles. The number of hydrogen-bond donors (Lipinski definition) is 1. The van der Waals surface area contributed by atoms with Crippen LogP contribution in [0.4, 0.5) is 0 Å². The molecule has 1 aromatic rings. The summed E-state index contributed by atoms with van der Waals surface area (Å²) in [6.45, 7) is 2.76. The van der Waals surface area contributed by atoms with E-state index < -0.39 is 0 Å². The van der Waals surface area contributed by atoms with Crippen LogP contribution in [0.25, 0.3) is 0 Å². The minimum absolute atomic E-state index is 0.669. The molecule has 1 unspecified atom stereocenters. The molecule has 1 aliphatic rings. The van der Waals surface area contributed by atoms with Crippen LogP contribution in [0, 0.1) is 11.8 Å². The van der Waals surface area contributed by atoms with Crippen molar-refractivity contribution in [2.45, 2.75) is 32.1 Å². The summed E-state index contributed by atoms with van der Waals surface area (Å²) in [5.41, 5.74) is 0. The Hall–Kier alpha value is -0.940. The van der Waals surface area contributed by atoms with E-state index in [0.717, 1.165) is 37.9 Å². The third-order valence-electron chi connectivity index (χ3n) is 4.21. The van der Waals surface area contributed by atoms with Crippen LogP contribution in [-0.4, -0.2) is 41.6 Å². The van der Waals surface area contributed by atoms with Crippen molar-refractivity contribution in [2.75, 3.05) is 26.8 Å². The quantitative estimate of drug-likeness (QED) is 0.723. The lowest BCUT2D eigenvalue weighted by Crippen LogP contribution is -2.31. The number of hydrogen-bond acceptors (Lipinski definition) is 4. The van der Waals surface area contributed by atoms with Gasteiger partial charge in [0.2, 0.25) is 0 Å². The fraction of sp³-hybridized carbons (Fsp3) is 0.857. The molecule has 5 nitrogen and oxygen atoms in total. The van der Waals surface area contributed by atoms with Crippen molar-refractivity contribution in [3.8, 4) is 0 Å². The van der Waals surface area contributed by atoms with Gasteiger partial charge >= 0.3 is 0 Å². The van der Waals surface area contributed by atoms with E-state index in [1.165, 1.54) is 25.7 Å². The Bertz CT molecular complexity index is 360. The smallest absolute Gasteiger partial charge is 0.138 e. The van der Waals surface area contributed by atoms with Gasteiger partial charge < -0.3 is 10.1 Å². The van der Waals surface area contributed by atoms with E-state index in [2.05, 4.69) is 15.4 Å². The number of methoxy groups -OCH3 is 1. The number of ether oxygens (including phenoxy) is 1. The molecule has 1 aliphatic carbocycles. The lowest BCUT2D eigenvalue weighted by molar-refractivity contribution is 0.194. The molecule has 0 bridgehead atoms. The second kappa shape index (κ2) is 7.60. The van der Waals surface area contributed by atoms with Crippen LogP contribution in [-0.2, 0) is 18.2 Å². The lowest BCUT2D eigenvalue weighted by Gasteiger charge is -2.23. The molecule has 0 amide bonds. The molecule has 1 saturated carbocycles. The minimum atomic E-state index is 0.669. The molecule has 1 fully saturated rings. The van der Waals surface area contributed by atoms with Crippen molar-refractivity contribution < 1.29 is 4.74 Å². The van der Waals surface area contributed by atoms with E-state index in [1.807, 2.05) is 11.7 Å². The van der Waals surface area contributed by atoms with E-state index in [4.69, 9.17) is 4.74 Å². The largest absolute Gasteiger partial charge is 0.383 e. The van der Waals surface area contributed by atoms with E-state index in [1.54, 1.807) is 13.4 Å². The second-order valence-corrected chi connectivity index (χ2v) is 5.51.